The fourth-order valence-electron chi connectivity index (χ4n) is 4.55. The first kappa shape index (κ1) is 25.8. The van der Waals surface area contributed by atoms with E-state index < -0.39 is 0 Å². The van der Waals surface area contributed by atoms with Crippen LogP contribution in [0, 0.1) is 0 Å². The van der Waals surface area contributed by atoms with Crippen LogP contribution in [0.3, 0.4) is 0 Å². The molecule has 0 bridgehead atoms. The molecule has 0 atom stereocenters. The molecule has 0 aliphatic rings. The second kappa shape index (κ2) is 11.3. The van der Waals surface area contributed by atoms with Crippen molar-refractivity contribution in [1.29, 1.82) is 0 Å². The maximum absolute atomic E-state index is 6.57. The zero-order chi connectivity index (χ0) is 27.4. The van der Waals surface area contributed by atoms with E-state index in [2.05, 4.69) is 0 Å². The number of hydrogen-bond donors (Lipinski definition) is 0. The topological polar surface area (TPSA) is 59.3 Å². The van der Waals surface area contributed by atoms with Crippen LogP contribution < -0.4 is 23.7 Å². The molecule has 0 spiro atoms. The average Bonchev–Trinajstić information content (AvgIpc) is 3.39. The molecule has 0 N–H and O–H groups in total. The largest absolute Gasteiger partial charge is 0.497 e. The van der Waals surface area contributed by atoms with Crippen LogP contribution in [0.25, 0.3) is 45.6 Å². The van der Waals surface area contributed by atoms with Gasteiger partial charge in [-0.1, -0.05) is 24.3 Å². The molecule has 6 heteroatoms. The monoisotopic (exact) mass is 522 g/mol. The highest BCUT2D eigenvalue weighted by Gasteiger charge is 2.23. The van der Waals surface area contributed by atoms with Gasteiger partial charge >= 0.3 is 0 Å². The van der Waals surface area contributed by atoms with E-state index in [1.54, 1.807) is 35.5 Å². The van der Waals surface area contributed by atoms with Gasteiger partial charge in [0.25, 0.3) is 0 Å². The zero-order valence-electron chi connectivity index (χ0n) is 22.6. The Balaban J connectivity index is 1.71. The molecule has 5 aromatic rings. The summed E-state index contributed by atoms with van der Waals surface area (Å²) in [5, 5.41) is 0.861. The van der Waals surface area contributed by atoms with Gasteiger partial charge in [0.2, 0.25) is 0 Å². The molecule has 198 valence electrons. The summed E-state index contributed by atoms with van der Waals surface area (Å²) in [5.41, 5.74) is 5.37. The first-order valence-electron chi connectivity index (χ1n) is 12.4. The predicted octanol–water partition coefficient (Wildman–Crippen LogP) is 7.98. The van der Waals surface area contributed by atoms with Gasteiger partial charge in [0.15, 0.2) is 0 Å². The van der Waals surface area contributed by atoms with Gasteiger partial charge < -0.3 is 28.1 Å². The Hall–Kier alpha value is -4.84. The first-order chi connectivity index (χ1) is 19.1. The van der Waals surface area contributed by atoms with Crippen LogP contribution in [0.15, 0.2) is 83.3 Å². The van der Waals surface area contributed by atoms with Crippen LogP contribution in [-0.4, -0.2) is 35.5 Å². The zero-order valence-corrected chi connectivity index (χ0v) is 22.6. The summed E-state index contributed by atoms with van der Waals surface area (Å²) in [7, 11) is 8.25. The van der Waals surface area contributed by atoms with Crippen molar-refractivity contribution in [3.05, 3.63) is 90.0 Å². The Labute approximate surface area is 228 Å². The van der Waals surface area contributed by atoms with Crippen LogP contribution in [0.4, 0.5) is 0 Å². The number of rotatable bonds is 9. The van der Waals surface area contributed by atoms with Crippen LogP contribution in [0.5, 0.6) is 28.7 Å². The van der Waals surface area contributed by atoms with E-state index >= 15 is 0 Å². The van der Waals surface area contributed by atoms with E-state index in [0.29, 0.717) is 28.6 Å². The molecule has 39 heavy (non-hydrogen) atoms. The van der Waals surface area contributed by atoms with Gasteiger partial charge in [-0.2, -0.15) is 0 Å². The molecule has 0 fully saturated rings. The molecule has 1 aromatic heterocycles. The lowest BCUT2D eigenvalue weighted by Gasteiger charge is -2.11. The standard InChI is InChI=1S/C33H30O6/c1-34-25-12-8-21(9-13-25)6-7-22-16-29(38-5)32-30(17-22)39-33(23-10-14-26(35-2)15-11-23)31(32)24-18-27(36-3)20-28(19-24)37-4/h6-20H,1-5H3/b7-6+. The summed E-state index contributed by atoms with van der Waals surface area (Å²) in [5.74, 6) is 4.34. The third kappa shape index (κ3) is 5.27. The summed E-state index contributed by atoms with van der Waals surface area (Å²) in [6.07, 6.45) is 4.08. The van der Waals surface area contributed by atoms with Crippen molar-refractivity contribution in [2.45, 2.75) is 0 Å². The molecule has 0 radical (unpaired) electrons. The number of benzene rings is 4. The third-order valence-corrected chi connectivity index (χ3v) is 6.57. The van der Waals surface area contributed by atoms with Gasteiger partial charge in [-0.15, -0.1) is 0 Å². The summed E-state index contributed by atoms with van der Waals surface area (Å²) in [4.78, 5) is 0. The van der Waals surface area contributed by atoms with Crippen LogP contribution in [0.2, 0.25) is 0 Å². The molecule has 0 aliphatic heterocycles. The lowest BCUT2D eigenvalue weighted by Crippen LogP contribution is -1.91. The minimum absolute atomic E-state index is 0.678. The van der Waals surface area contributed by atoms with E-state index in [0.717, 1.165) is 44.7 Å². The van der Waals surface area contributed by atoms with Crippen molar-refractivity contribution in [2.24, 2.45) is 0 Å². The number of hydrogen-bond acceptors (Lipinski definition) is 6. The molecule has 0 saturated heterocycles. The second-order valence-corrected chi connectivity index (χ2v) is 8.84. The van der Waals surface area contributed by atoms with Crippen molar-refractivity contribution in [1.82, 2.24) is 0 Å². The van der Waals surface area contributed by atoms with E-state index in [1.165, 1.54) is 0 Å². The molecule has 5 rings (SSSR count). The van der Waals surface area contributed by atoms with E-state index in [-0.39, 0.29) is 0 Å². The Morgan fingerprint density at radius 1 is 0.513 bits per heavy atom. The quantitative estimate of drug-likeness (QED) is 0.183. The van der Waals surface area contributed by atoms with E-state index in [9.17, 15) is 0 Å². The SMILES string of the molecule is COc1ccc(/C=C/c2cc(OC)c3c(-c4cc(OC)cc(OC)c4)c(-c4ccc(OC)cc4)oc3c2)cc1. The highest BCUT2D eigenvalue weighted by atomic mass is 16.5. The molecular formula is C33H30O6. The molecule has 6 nitrogen and oxygen atoms in total. The number of ether oxygens (including phenoxy) is 5. The summed E-state index contributed by atoms with van der Waals surface area (Å²) in [6, 6.07) is 25.5. The second-order valence-electron chi connectivity index (χ2n) is 8.84. The van der Waals surface area contributed by atoms with Crippen LogP contribution in [0.1, 0.15) is 11.1 Å². The summed E-state index contributed by atoms with van der Waals surface area (Å²) < 4.78 is 34.3. The fraction of sp³-hybridized carbons (Fsp3) is 0.152. The Kier molecular flexibility index (Phi) is 7.46. The van der Waals surface area contributed by atoms with Gasteiger partial charge in [0.1, 0.15) is 40.1 Å². The highest BCUT2D eigenvalue weighted by Crippen LogP contribution is 2.47. The summed E-state index contributed by atoms with van der Waals surface area (Å²) >= 11 is 0. The minimum atomic E-state index is 0.678. The van der Waals surface area contributed by atoms with Gasteiger partial charge in [0.05, 0.1) is 40.9 Å². The van der Waals surface area contributed by atoms with Crippen molar-refractivity contribution in [3.63, 3.8) is 0 Å². The normalized spacial score (nSPS) is 11.1. The Morgan fingerprint density at radius 2 is 1.08 bits per heavy atom. The van der Waals surface area contributed by atoms with Crippen molar-refractivity contribution < 1.29 is 28.1 Å². The van der Waals surface area contributed by atoms with Crippen LogP contribution >= 0.6 is 0 Å². The van der Waals surface area contributed by atoms with Crippen molar-refractivity contribution in [2.75, 3.05) is 35.5 Å². The fourth-order valence-corrected chi connectivity index (χ4v) is 4.55. The number of furan rings is 1. The van der Waals surface area contributed by atoms with Crippen molar-refractivity contribution in [3.8, 4) is 51.2 Å². The van der Waals surface area contributed by atoms with Gasteiger partial charge in [-0.3, -0.25) is 0 Å². The van der Waals surface area contributed by atoms with Crippen LogP contribution in [-0.2, 0) is 0 Å². The molecule has 1 heterocycles. The lowest BCUT2D eigenvalue weighted by atomic mass is 9.96. The van der Waals surface area contributed by atoms with Gasteiger partial charge in [-0.25, -0.2) is 0 Å². The van der Waals surface area contributed by atoms with Gasteiger partial charge in [-0.05, 0) is 77.4 Å². The van der Waals surface area contributed by atoms with E-state index in [1.807, 2.05) is 91.0 Å². The number of methoxy groups -OCH3 is 5. The average molecular weight is 523 g/mol. The molecule has 0 amide bonds. The molecule has 0 saturated carbocycles. The Bertz CT molecular complexity index is 1590. The van der Waals surface area contributed by atoms with E-state index in [4.69, 9.17) is 28.1 Å². The third-order valence-electron chi connectivity index (χ3n) is 6.57. The van der Waals surface area contributed by atoms with Gasteiger partial charge in [0, 0.05) is 17.2 Å². The molecule has 0 aliphatic carbocycles. The molecule has 0 unspecified atom stereocenters. The summed E-state index contributed by atoms with van der Waals surface area (Å²) in [6.45, 7) is 0. The molecule has 4 aromatic carbocycles. The number of fused-ring (bicyclic) bond motifs is 1. The maximum atomic E-state index is 6.57. The Morgan fingerprint density at radius 3 is 1.64 bits per heavy atom. The first-order valence-corrected chi connectivity index (χ1v) is 12.4. The highest BCUT2D eigenvalue weighted by molar-refractivity contribution is 6.06. The minimum Gasteiger partial charge on any atom is -0.497 e. The maximum Gasteiger partial charge on any atom is 0.143 e. The predicted molar refractivity (Wildman–Crippen MR) is 155 cm³/mol. The lowest BCUT2D eigenvalue weighted by molar-refractivity contribution is 0.394. The smallest absolute Gasteiger partial charge is 0.143 e. The molecular weight excluding hydrogens is 492 g/mol. The van der Waals surface area contributed by atoms with Crippen molar-refractivity contribution >= 4 is 23.1 Å².